The Labute approximate surface area is 243 Å². The average molecular weight is 551 g/mol. The van der Waals surface area contributed by atoms with Gasteiger partial charge in [0.1, 0.15) is 5.57 Å². The molecule has 1 fully saturated rings. The first kappa shape index (κ1) is 26.5. The zero-order valence-electron chi connectivity index (χ0n) is 22.5. The van der Waals surface area contributed by atoms with Crippen molar-refractivity contribution in [2.45, 2.75) is 5.66 Å². The summed E-state index contributed by atoms with van der Waals surface area (Å²) in [6.45, 7) is 0. The van der Waals surface area contributed by atoms with Gasteiger partial charge in [-0.2, -0.15) is 0 Å². The number of carbonyl (C=O) groups is 3. The molecule has 5 aromatic rings. The van der Waals surface area contributed by atoms with Crippen molar-refractivity contribution in [2.24, 2.45) is 0 Å². The lowest BCUT2D eigenvalue weighted by molar-refractivity contribution is -0.172. The first-order chi connectivity index (χ1) is 20.6. The summed E-state index contributed by atoms with van der Waals surface area (Å²) in [7, 11) is 0. The maximum absolute atomic E-state index is 14.2. The van der Waals surface area contributed by atoms with Crippen LogP contribution >= 0.6 is 0 Å². The summed E-state index contributed by atoms with van der Waals surface area (Å²) in [4.78, 5) is 48.3. The van der Waals surface area contributed by atoms with Crippen LogP contribution in [0, 0.1) is 0 Å². The molecule has 1 aliphatic heterocycles. The van der Waals surface area contributed by atoms with E-state index in [-0.39, 0.29) is 5.57 Å². The van der Waals surface area contributed by atoms with Gasteiger partial charge in [0.2, 0.25) is 5.66 Å². The number of nitrogens with zero attached hydrogens (tertiary/aromatic N) is 1. The van der Waals surface area contributed by atoms with Gasteiger partial charge in [0.15, 0.2) is 0 Å². The van der Waals surface area contributed by atoms with E-state index in [0.717, 1.165) is 16.2 Å². The first-order valence-corrected chi connectivity index (χ1v) is 13.5. The van der Waals surface area contributed by atoms with Crippen LogP contribution in [0.15, 0.2) is 157 Å². The fraction of sp³-hybridized carbons (Fsp3) is 0.0278. The molecular weight excluding hydrogens is 524 g/mol. The first-order valence-electron chi connectivity index (χ1n) is 13.5. The third-order valence-electron chi connectivity index (χ3n) is 7.15. The molecule has 0 bridgehead atoms. The highest BCUT2D eigenvalue weighted by Gasteiger charge is 2.59. The molecule has 1 aliphatic rings. The minimum atomic E-state index is -1.83. The smallest absolute Gasteiger partial charge is 0.329 e. The van der Waals surface area contributed by atoms with Crippen molar-refractivity contribution in [3.63, 3.8) is 0 Å². The molecule has 0 saturated carbocycles. The Morgan fingerprint density at radius 2 is 0.952 bits per heavy atom. The molecule has 0 spiro atoms. The van der Waals surface area contributed by atoms with E-state index >= 15 is 0 Å². The monoisotopic (exact) mass is 550 g/mol. The highest BCUT2D eigenvalue weighted by molar-refractivity contribution is 6.10. The zero-order valence-corrected chi connectivity index (χ0v) is 22.5. The van der Waals surface area contributed by atoms with Crippen LogP contribution in [-0.4, -0.2) is 22.8 Å². The highest BCUT2D eigenvalue weighted by atomic mass is 16.7. The fourth-order valence-corrected chi connectivity index (χ4v) is 5.24. The van der Waals surface area contributed by atoms with E-state index in [1.54, 1.807) is 78.9 Å². The second-order valence-electron chi connectivity index (χ2n) is 9.72. The van der Waals surface area contributed by atoms with Gasteiger partial charge in [-0.25, -0.2) is 4.79 Å². The number of hydrogen-bond acceptors (Lipinski definition) is 4. The molecule has 204 valence electrons. The maximum atomic E-state index is 14.2. The Hall–Kier alpha value is -5.75. The zero-order chi connectivity index (χ0) is 28.9. The molecule has 0 aliphatic carbocycles. The summed E-state index contributed by atoms with van der Waals surface area (Å²) in [6, 6.07) is 45.0. The minimum absolute atomic E-state index is 0.111. The molecular formula is C36H26N2O4. The Morgan fingerprint density at radius 1 is 0.548 bits per heavy atom. The van der Waals surface area contributed by atoms with Crippen LogP contribution in [0.4, 0.5) is 0 Å². The van der Waals surface area contributed by atoms with Gasteiger partial charge in [0, 0.05) is 22.3 Å². The van der Waals surface area contributed by atoms with E-state index in [4.69, 9.17) is 4.84 Å². The molecule has 1 unspecified atom stereocenters. The van der Waals surface area contributed by atoms with Crippen LogP contribution in [0.25, 0.3) is 5.57 Å². The predicted molar refractivity (Wildman–Crippen MR) is 160 cm³/mol. The fourth-order valence-electron chi connectivity index (χ4n) is 5.24. The van der Waals surface area contributed by atoms with E-state index in [1.165, 1.54) is 0 Å². The van der Waals surface area contributed by atoms with Crippen LogP contribution in [-0.2, 0) is 15.3 Å². The summed E-state index contributed by atoms with van der Waals surface area (Å²) >= 11 is 0. The van der Waals surface area contributed by atoms with Crippen molar-refractivity contribution in [3.05, 3.63) is 185 Å². The minimum Gasteiger partial charge on any atom is -0.329 e. The number of hydroxylamine groups is 2. The molecule has 1 atom stereocenters. The number of nitrogens with one attached hydrogen (secondary N) is 1. The third-order valence-corrected chi connectivity index (χ3v) is 7.15. The second kappa shape index (κ2) is 11.4. The summed E-state index contributed by atoms with van der Waals surface area (Å²) in [6.07, 6.45) is 0. The summed E-state index contributed by atoms with van der Waals surface area (Å²) in [5.74, 6) is -1.82. The van der Waals surface area contributed by atoms with Gasteiger partial charge in [0.25, 0.3) is 11.8 Å². The summed E-state index contributed by atoms with van der Waals surface area (Å²) in [5, 5.41) is 4.09. The van der Waals surface area contributed by atoms with E-state index in [0.29, 0.717) is 22.3 Å². The summed E-state index contributed by atoms with van der Waals surface area (Å²) < 4.78 is 0. The van der Waals surface area contributed by atoms with Gasteiger partial charge >= 0.3 is 5.97 Å². The van der Waals surface area contributed by atoms with Crippen LogP contribution in [0.1, 0.15) is 37.4 Å². The molecule has 6 rings (SSSR count). The predicted octanol–water partition coefficient (Wildman–Crippen LogP) is 6.39. The van der Waals surface area contributed by atoms with Crippen molar-refractivity contribution in [1.82, 2.24) is 10.4 Å². The SMILES string of the molecule is O=C1ON(C(=O)c2ccccc2)C(NC(=O)c2ccccc2)(c2ccccc2)C1=C(c1ccccc1)c1ccccc1. The largest absolute Gasteiger partial charge is 0.364 e. The molecule has 1 heterocycles. The van der Waals surface area contributed by atoms with Crippen molar-refractivity contribution in [1.29, 1.82) is 0 Å². The van der Waals surface area contributed by atoms with Gasteiger partial charge in [-0.05, 0) is 35.4 Å². The summed E-state index contributed by atoms with van der Waals surface area (Å²) in [5.41, 5.74) is 1.38. The van der Waals surface area contributed by atoms with E-state index in [2.05, 4.69) is 5.32 Å². The average Bonchev–Trinajstić information content (AvgIpc) is 3.35. The number of rotatable bonds is 6. The number of amides is 2. The lowest BCUT2D eigenvalue weighted by Crippen LogP contribution is -2.57. The van der Waals surface area contributed by atoms with Crippen LogP contribution in [0.5, 0.6) is 0 Å². The highest BCUT2D eigenvalue weighted by Crippen LogP contribution is 2.46. The van der Waals surface area contributed by atoms with Crippen molar-refractivity contribution in [2.75, 3.05) is 0 Å². The van der Waals surface area contributed by atoms with E-state index in [1.807, 2.05) is 72.8 Å². The molecule has 1 saturated heterocycles. The molecule has 0 aromatic heterocycles. The van der Waals surface area contributed by atoms with Crippen LogP contribution < -0.4 is 5.32 Å². The molecule has 6 nitrogen and oxygen atoms in total. The Morgan fingerprint density at radius 3 is 1.43 bits per heavy atom. The van der Waals surface area contributed by atoms with Crippen LogP contribution in [0.2, 0.25) is 0 Å². The van der Waals surface area contributed by atoms with Gasteiger partial charge in [-0.15, -0.1) is 5.06 Å². The Balaban J connectivity index is 1.71. The number of benzene rings is 5. The Kier molecular flexibility index (Phi) is 7.18. The molecule has 42 heavy (non-hydrogen) atoms. The molecule has 6 heteroatoms. The lowest BCUT2D eigenvalue weighted by Gasteiger charge is -2.37. The Bertz CT molecular complexity index is 1720. The van der Waals surface area contributed by atoms with Gasteiger partial charge in [-0.1, -0.05) is 127 Å². The number of hydrogen-bond donors (Lipinski definition) is 1. The normalized spacial score (nSPS) is 16.0. The van der Waals surface area contributed by atoms with Gasteiger partial charge in [-0.3, -0.25) is 9.59 Å². The van der Waals surface area contributed by atoms with Crippen LogP contribution in [0.3, 0.4) is 0 Å². The van der Waals surface area contributed by atoms with Crippen molar-refractivity contribution < 1.29 is 19.2 Å². The molecule has 2 amide bonds. The van der Waals surface area contributed by atoms with Crippen molar-refractivity contribution >= 4 is 23.4 Å². The van der Waals surface area contributed by atoms with Gasteiger partial charge < -0.3 is 10.2 Å². The van der Waals surface area contributed by atoms with Gasteiger partial charge in [0.05, 0.1) is 0 Å². The molecule has 0 radical (unpaired) electrons. The number of carbonyl (C=O) groups excluding carboxylic acids is 3. The topological polar surface area (TPSA) is 75.7 Å². The lowest BCUT2D eigenvalue weighted by atomic mass is 9.82. The standard InChI is InChI=1S/C36H26N2O4/c39-33(28-20-10-3-11-21-28)37-36(30-24-14-5-15-25-30)32(35(41)42-38(36)34(40)29-22-12-4-13-23-29)31(26-16-6-1-7-17-26)27-18-8-2-9-19-27/h1-25H,(H,37,39). The van der Waals surface area contributed by atoms with E-state index in [9.17, 15) is 14.4 Å². The van der Waals surface area contributed by atoms with E-state index < -0.39 is 23.4 Å². The van der Waals surface area contributed by atoms with Crippen molar-refractivity contribution in [3.8, 4) is 0 Å². The third kappa shape index (κ3) is 4.75. The maximum Gasteiger partial charge on any atom is 0.364 e. The molecule has 1 N–H and O–H groups in total. The molecule has 5 aromatic carbocycles. The quantitative estimate of drug-likeness (QED) is 0.249. The second-order valence-corrected chi connectivity index (χ2v) is 9.72.